The number of rotatable bonds is 3. The van der Waals surface area contributed by atoms with Crippen LogP contribution in [0.2, 0.25) is 5.02 Å². The molecule has 0 heterocycles. The molecule has 2 rings (SSSR count). The molecule has 0 bridgehead atoms. The predicted octanol–water partition coefficient (Wildman–Crippen LogP) is 3.48. The Morgan fingerprint density at radius 1 is 1.41 bits per heavy atom. The normalized spacial score (nSPS) is 15.9. The van der Waals surface area contributed by atoms with Gasteiger partial charge in [0.15, 0.2) is 0 Å². The molecule has 17 heavy (non-hydrogen) atoms. The molecule has 92 valence electrons. The number of anilines is 1. The van der Waals surface area contributed by atoms with E-state index in [0.29, 0.717) is 16.5 Å². The van der Waals surface area contributed by atoms with E-state index in [0.717, 1.165) is 25.7 Å². The number of benzene rings is 1. The zero-order valence-corrected chi connectivity index (χ0v) is 10.6. The number of hydrogen-bond acceptors (Lipinski definition) is 2. The fraction of sp³-hybridized carbons (Fsp3) is 0.462. The summed E-state index contributed by atoms with van der Waals surface area (Å²) in [6, 6.07) is 5.24. The van der Waals surface area contributed by atoms with Gasteiger partial charge in [0.1, 0.15) is 5.75 Å². The third kappa shape index (κ3) is 2.91. The highest BCUT2D eigenvalue weighted by Crippen LogP contribution is 2.30. The minimum Gasteiger partial charge on any atom is -0.497 e. The third-order valence-electron chi connectivity index (χ3n) is 3.16. The molecule has 0 saturated heterocycles. The second kappa shape index (κ2) is 5.41. The molecule has 4 heteroatoms. The van der Waals surface area contributed by atoms with Gasteiger partial charge in [-0.1, -0.05) is 24.4 Å². The van der Waals surface area contributed by atoms with E-state index >= 15 is 0 Å². The van der Waals surface area contributed by atoms with Crippen LogP contribution in [0.1, 0.15) is 25.7 Å². The number of hydrogen-bond donors (Lipinski definition) is 1. The molecule has 1 aromatic rings. The van der Waals surface area contributed by atoms with Gasteiger partial charge in [-0.3, -0.25) is 4.79 Å². The molecule has 0 aromatic heterocycles. The molecule has 0 spiro atoms. The van der Waals surface area contributed by atoms with Crippen molar-refractivity contribution in [2.24, 2.45) is 5.92 Å². The van der Waals surface area contributed by atoms with Crippen LogP contribution in [0.15, 0.2) is 18.2 Å². The third-order valence-corrected chi connectivity index (χ3v) is 3.49. The highest BCUT2D eigenvalue weighted by molar-refractivity contribution is 6.33. The summed E-state index contributed by atoms with van der Waals surface area (Å²) in [7, 11) is 1.59. The molecule has 0 atom stereocenters. The molecule has 1 amide bonds. The maximum absolute atomic E-state index is 12.0. The van der Waals surface area contributed by atoms with Gasteiger partial charge in [-0.05, 0) is 25.0 Å². The first kappa shape index (κ1) is 12.2. The molecule has 1 aliphatic rings. The lowest BCUT2D eigenvalue weighted by atomic mass is 10.1. The first-order chi connectivity index (χ1) is 8.20. The number of ether oxygens (including phenoxy) is 1. The number of methoxy groups -OCH3 is 1. The minimum absolute atomic E-state index is 0.0673. The standard InChI is InChI=1S/C13H16ClNO2/c1-17-10-6-7-11(14)12(8-10)15-13(16)9-4-2-3-5-9/h6-9H,2-5H2,1H3,(H,15,16). The van der Waals surface area contributed by atoms with E-state index in [2.05, 4.69) is 5.32 Å². The Kier molecular flexibility index (Phi) is 3.89. The number of amides is 1. The fourth-order valence-corrected chi connectivity index (χ4v) is 2.31. The van der Waals surface area contributed by atoms with Crippen molar-refractivity contribution in [2.75, 3.05) is 12.4 Å². The lowest BCUT2D eigenvalue weighted by molar-refractivity contribution is -0.119. The van der Waals surface area contributed by atoms with Gasteiger partial charge in [0.25, 0.3) is 0 Å². The summed E-state index contributed by atoms with van der Waals surface area (Å²) in [5.74, 6) is 0.894. The Balaban J connectivity index is 2.09. The number of carbonyl (C=O) groups is 1. The molecule has 1 saturated carbocycles. The molecular weight excluding hydrogens is 238 g/mol. The van der Waals surface area contributed by atoms with Crippen LogP contribution in [0.25, 0.3) is 0 Å². The second-order valence-corrected chi connectivity index (χ2v) is 4.72. The molecule has 3 nitrogen and oxygen atoms in total. The summed E-state index contributed by atoms with van der Waals surface area (Å²) >= 11 is 6.03. The average molecular weight is 254 g/mol. The second-order valence-electron chi connectivity index (χ2n) is 4.32. The van der Waals surface area contributed by atoms with Crippen LogP contribution >= 0.6 is 11.6 Å². The summed E-state index contributed by atoms with van der Waals surface area (Å²) < 4.78 is 5.11. The zero-order chi connectivity index (χ0) is 12.3. The lowest BCUT2D eigenvalue weighted by Crippen LogP contribution is -2.20. The molecule has 0 unspecified atom stereocenters. The van der Waals surface area contributed by atoms with Crippen LogP contribution in [-0.4, -0.2) is 13.0 Å². The van der Waals surface area contributed by atoms with Crippen LogP contribution in [0, 0.1) is 5.92 Å². The number of carbonyl (C=O) groups excluding carboxylic acids is 1. The van der Waals surface area contributed by atoms with Crippen molar-refractivity contribution in [1.82, 2.24) is 0 Å². The van der Waals surface area contributed by atoms with Crippen LogP contribution in [-0.2, 0) is 4.79 Å². The molecule has 0 aliphatic heterocycles. The van der Waals surface area contributed by atoms with Gasteiger partial charge in [0.2, 0.25) is 5.91 Å². The Bertz CT molecular complexity index is 414. The first-order valence-corrected chi connectivity index (χ1v) is 6.23. The van der Waals surface area contributed by atoms with Gasteiger partial charge in [-0.25, -0.2) is 0 Å². The molecule has 1 aromatic carbocycles. The van der Waals surface area contributed by atoms with Crippen molar-refractivity contribution >= 4 is 23.2 Å². The SMILES string of the molecule is COc1ccc(Cl)c(NC(=O)C2CCCC2)c1. The number of halogens is 1. The smallest absolute Gasteiger partial charge is 0.227 e. The van der Waals surface area contributed by atoms with E-state index in [-0.39, 0.29) is 11.8 Å². The van der Waals surface area contributed by atoms with Crippen LogP contribution in [0.4, 0.5) is 5.69 Å². The molecule has 1 aliphatic carbocycles. The Labute approximate surface area is 106 Å². The summed E-state index contributed by atoms with van der Waals surface area (Å²) in [6.45, 7) is 0. The van der Waals surface area contributed by atoms with E-state index in [1.54, 1.807) is 25.3 Å². The average Bonchev–Trinajstić information content (AvgIpc) is 2.85. The van der Waals surface area contributed by atoms with E-state index in [4.69, 9.17) is 16.3 Å². The van der Waals surface area contributed by atoms with Gasteiger partial charge in [0, 0.05) is 12.0 Å². The van der Waals surface area contributed by atoms with E-state index in [9.17, 15) is 4.79 Å². The van der Waals surface area contributed by atoms with Crippen molar-refractivity contribution in [1.29, 1.82) is 0 Å². The van der Waals surface area contributed by atoms with Crippen molar-refractivity contribution in [2.45, 2.75) is 25.7 Å². The Morgan fingerprint density at radius 2 is 2.12 bits per heavy atom. The summed E-state index contributed by atoms with van der Waals surface area (Å²) in [6.07, 6.45) is 4.24. The topological polar surface area (TPSA) is 38.3 Å². The molecule has 0 radical (unpaired) electrons. The maximum atomic E-state index is 12.0. The van der Waals surface area contributed by atoms with Gasteiger partial charge < -0.3 is 10.1 Å². The van der Waals surface area contributed by atoms with Crippen LogP contribution < -0.4 is 10.1 Å². The largest absolute Gasteiger partial charge is 0.497 e. The van der Waals surface area contributed by atoms with Crippen molar-refractivity contribution in [3.8, 4) is 5.75 Å². The van der Waals surface area contributed by atoms with Gasteiger partial charge in [-0.2, -0.15) is 0 Å². The highest BCUT2D eigenvalue weighted by atomic mass is 35.5. The van der Waals surface area contributed by atoms with Crippen molar-refractivity contribution in [3.63, 3.8) is 0 Å². The fourth-order valence-electron chi connectivity index (χ4n) is 2.15. The van der Waals surface area contributed by atoms with Crippen molar-refractivity contribution in [3.05, 3.63) is 23.2 Å². The lowest BCUT2D eigenvalue weighted by Gasteiger charge is -2.12. The maximum Gasteiger partial charge on any atom is 0.227 e. The molecular formula is C13H16ClNO2. The van der Waals surface area contributed by atoms with Crippen molar-refractivity contribution < 1.29 is 9.53 Å². The van der Waals surface area contributed by atoms with Gasteiger partial charge in [-0.15, -0.1) is 0 Å². The predicted molar refractivity (Wildman–Crippen MR) is 68.6 cm³/mol. The monoisotopic (exact) mass is 253 g/mol. The summed E-state index contributed by atoms with van der Waals surface area (Å²) in [5, 5.41) is 3.41. The Hall–Kier alpha value is -1.22. The first-order valence-electron chi connectivity index (χ1n) is 5.85. The Morgan fingerprint density at radius 3 is 2.76 bits per heavy atom. The number of nitrogens with one attached hydrogen (secondary N) is 1. The summed E-state index contributed by atoms with van der Waals surface area (Å²) in [4.78, 5) is 12.0. The van der Waals surface area contributed by atoms with Gasteiger partial charge >= 0.3 is 0 Å². The van der Waals surface area contributed by atoms with E-state index in [1.165, 1.54) is 0 Å². The molecule has 1 fully saturated rings. The van der Waals surface area contributed by atoms with Crippen LogP contribution in [0.5, 0.6) is 5.75 Å². The zero-order valence-electron chi connectivity index (χ0n) is 9.83. The minimum atomic E-state index is 0.0673. The molecule has 1 N–H and O–H groups in total. The van der Waals surface area contributed by atoms with Crippen LogP contribution in [0.3, 0.4) is 0 Å². The van der Waals surface area contributed by atoms with E-state index < -0.39 is 0 Å². The quantitative estimate of drug-likeness (QED) is 0.896. The summed E-state index contributed by atoms with van der Waals surface area (Å²) in [5.41, 5.74) is 0.628. The highest BCUT2D eigenvalue weighted by Gasteiger charge is 2.23. The van der Waals surface area contributed by atoms with Gasteiger partial charge in [0.05, 0.1) is 17.8 Å². The van der Waals surface area contributed by atoms with E-state index in [1.807, 2.05) is 0 Å².